The lowest BCUT2D eigenvalue weighted by Gasteiger charge is -2.24. The van der Waals surface area contributed by atoms with Crippen LogP contribution >= 0.6 is 0 Å². The van der Waals surface area contributed by atoms with Gasteiger partial charge in [-0.25, -0.2) is 4.98 Å². The minimum atomic E-state index is 0.0478. The first-order valence-corrected chi connectivity index (χ1v) is 7.41. The third-order valence-electron chi connectivity index (χ3n) is 4.31. The first-order chi connectivity index (χ1) is 9.70. The van der Waals surface area contributed by atoms with Gasteiger partial charge in [0.1, 0.15) is 5.69 Å². The molecule has 1 aliphatic heterocycles. The Morgan fingerprint density at radius 1 is 1.35 bits per heavy atom. The molecule has 1 saturated heterocycles. The predicted molar refractivity (Wildman–Crippen MR) is 81.0 cm³/mol. The van der Waals surface area contributed by atoms with Crippen LogP contribution in [0, 0.1) is 6.92 Å². The number of likely N-dealkylation sites (N-methyl/N-ethyl adjacent to an activating group) is 1. The van der Waals surface area contributed by atoms with Crippen LogP contribution in [0.3, 0.4) is 0 Å². The van der Waals surface area contributed by atoms with Crippen LogP contribution in [-0.2, 0) is 6.54 Å². The maximum Gasteiger partial charge on any atom is 0.272 e. The number of likely N-dealkylation sites (tertiary alicyclic amines) is 1. The van der Waals surface area contributed by atoms with E-state index in [2.05, 4.69) is 16.8 Å². The van der Waals surface area contributed by atoms with Gasteiger partial charge in [0.2, 0.25) is 0 Å². The number of nitrogens with zero attached hydrogens (tertiary/aromatic N) is 3. The number of para-hydroxylation sites is 2. The largest absolute Gasteiger partial charge is 0.304 e. The van der Waals surface area contributed by atoms with Gasteiger partial charge in [-0.1, -0.05) is 19.1 Å². The van der Waals surface area contributed by atoms with E-state index >= 15 is 0 Å². The monoisotopic (exact) mass is 271 g/mol. The quantitative estimate of drug-likeness (QED) is 0.859. The number of hydrogen-bond acceptors (Lipinski definition) is 3. The Morgan fingerprint density at radius 2 is 2.15 bits per heavy atom. The van der Waals surface area contributed by atoms with Crippen LogP contribution in [0.5, 0.6) is 0 Å². The minimum Gasteiger partial charge on any atom is -0.304 e. The van der Waals surface area contributed by atoms with Crippen molar-refractivity contribution in [3.05, 3.63) is 40.3 Å². The number of fused-ring (bicyclic) bond motifs is 1. The molecule has 1 fully saturated rings. The second-order valence-corrected chi connectivity index (χ2v) is 5.53. The van der Waals surface area contributed by atoms with Crippen LogP contribution in [0.2, 0.25) is 0 Å². The lowest BCUT2D eigenvalue weighted by Crippen LogP contribution is -2.36. The summed E-state index contributed by atoms with van der Waals surface area (Å²) in [5.41, 5.74) is 2.49. The van der Waals surface area contributed by atoms with E-state index in [1.54, 1.807) is 6.92 Å². The number of aryl methyl sites for hydroxylation is 1. The van der Waals surface area contributed by atoms with E-state index < -0.39 is 0 Å². The zero-order valence-electron chi connectivity index (χ0n) is 12.2. The molecule has 2 aromatic rings. The highest BCUT2D eigenvalue weighted by molar-refractivity contribution is 5.74. The molecule has 0 amide bonds. The summed E-state index contributed by atoms with van der Waals surface area (Å²) in [6, 6.07) is 8.39. The molecular weight excluding hydrogens is 250 g/mol. The summed E-state index contributed by atoms with van der Waals surface area (Å²) in [4.78, 5) is 19.3. The first-order valence-electron chi connectivity index (χ1n) is 7.41. The molecule has 106 valence electrons. The van der Waals surface area contributed by atoms with Crippen molar-refractivity contribution in [1.82, 2.24) is 14.5 Å². The first kappa shape index (κ1) is 13.3. The maximum absolute atomic E-state index is 12.4. The molecule has 0 saturated carbocycles. The van der Waals surface area contributed by atoms with Crippen LogP contribution in [0.4, 0.5) is 0 Å². The Kier molecular flexibility index (Phi) is 3.57. The Bertz CT molecular complexity index is 677. The van der Waals surface area contributed by atoms with Crippen molar-refractivity contribution in [3.63, 3.8) is 0 Å². The van der Waals surface area contributed by atoms with E-state index in [0.29, 0.717) is 11.7 Å². The van der Waals surface area contributed by atoms with Gasteiger partial charge in [0.15, 0.2) is 0 Å². The van der Waals surface area contributed by atoms with Crippen molar-refractivity contribution in [1.29, 1.82) is 0 Å². The molecule has 1 aromatic heterocycles. The summed E-state index contributed by atoms with van der Waals surface area (Å²) in [5.74, 6) is 0. The van der Waals surface area contributed by atoms with Gasteiger partial charge < -0.3 is 4.57 Å². The van der Waals surface area contributed by atoms with Crippen molar-refractivity contribution < 1.29 is 0 Å². The maximum atomic E-state index is 12.4. The third-order valence-corrected chi connectivity index (χ3v) is 4.31. The summed E-state index contributed by atoms with van der Waals surface area (Å²) < 4.78 is 1.91. The molecule has 0 radical (unpaired) electrons. The van der Waals surface area contributed by atoms with E-state index in [-0.39, 0.29) is 5.56 Å². The number of aromatic nitrogens is 2. The SMILES string of the molecule is CCN1CCC[C@@H]1Cn1c(=O)c(C)nc2ccccc21. The van der Waals surface area contributed by atoms with E-state index in [9.17, 15) is 4.79 Å². The van der Waals surface area contributed by atoms with Gasteiger partial charge in [-0.2, -0.15) is 0 Å². The summed E-state index contributed by atoms with van der Waals surface area (Å²) in [5, 5.41) is 0. The highest BCUT2D eigenvalue weighted by atomic mass is 16.1. The van der Waals surface area contributed by atoms with Crippen molar-refractivity contribution in [3.8, 4) is 0 Å². The van der Waals surface area contributed by atoms with Gasteiger partial charge in [-0.05, 0) is 45.0 Å². The smallest absolute Gasteiger partial charge is 0.272 e. The summed E-state index contributed by atoms with van der Waals surface area (Å²) >= 11 is 0. The molecule has 1 aliphatic rings. The molecule has 0 spiro atoms. The lowest BCUT2D eigenvalue weighted by molar-refractivity contribution is 0.244. The fraction of sp³-hybridized carbons (Fsp3) is 0.500. The molecule has 4 heteroatoms. The van der Waals surface area contributed by atoms with Crippen molar-refractivity contribution in [2.45, 2.75) is 39.3 Å². The van der Waals surface area contributed by atoms with E-state index in [4.69, 9.17) is 0 Å². The zero-order chi connectivity index (χ0) is 14.1. The molecule has 0 bridgehead atoms. The van der Waals surface area contributed by atoms with Gasteiger partial charge in [0, 0.05) is 12.6 Å². The molecule has 4 nitrogen and oxygen atoms in total. The van der Waals surface area contributed by atoms with Crippen LogP contribution < -0.4 is 5.56 Å². The average Bonchev–Trinajstić information content (AvgIpc) is 2.91. The standard InChI is InChI=1S/C16H21N3O/c1-3-18-10-6-7-13(18)11-19-15-9-5-4-8-14(15)17-12(2)16(19)20/h4-5,8-9,13H,3,6-7,10-11H2,1-2H3/t13-/m1/s1. The topological polar surface area (TPSA) is 38.1 Å². The number of rotatable bonds is 3. The third kappa shape index (κ3) is 2.24. The van der Waals surface area contributed by atoms with E-state index in [0.717, 1.165) is 30.7 Å². The van der Waals surface area contributed by atoms with Gasteiger partial charge >= 0.3 is 0 Å². The number of hydrogen-bond donors (Lipinski definition) is 0. The zero-order valence-corrected chi connectivity index (χ0v) is 12.2. The molecule has 2 heterocycles. The molecule has 1 atom stereocenters. The van der Waals surface area contributed by atoms with Crippen molar-refractivity contribution in [2.24, 2.45) is 0 Å². The van der Waals surface area contributed by atoms with E-state index in [1.165, 1.54) is 12.8 Å². The minimum absolute atomic E-state index is 0.0478. The van der Waals surface area contributed by atoms with Crippen LogP contribution in [0.15, 0.2) is 29.1 Å². The average molecular weight is 271 g/mol. The fourth-order valence-electron chi connectivity index (χ4n) is 3.23. The molecule has 0 N–H and O–H groups in total. The lowest BCUT2D eigenvalue weighted by atomic mass is 10.2. The van der Waals surface area contributed by atoms with Crippen molar-refractivity contribution in [2.75, 3.05) is 13.1 Å². The van der Waals surface area contributed by atoms with Crippen molar-refractivity contribution >= 4 is 11.0 Å². The predicted octanol–water partition coefficient (Wildman–Crippen LogP) is 2.19. The molecule has 1 aromatic carbocycles. The van der Waals surface area contributed by atoms with Crippen LogP contribution in [0.25, 0.3) is 11.0 Å². The molecule has 0 aliphatic carbocycles. The Balaban J connectivity index is 2.06. The molecular formula is C16H21N3O. The highest BCUT2D eigenvalue weighted by Crippen LogP contribution is 2.19. The van der Waals surface area contributed by atoms with Gasteiger partial charge in [0.05, 0.1) is 11.0 Å². The molecule has 20 heavy (non-hydrogen) atoms. The summed E-state index contributed by atoms with van der Waals surface area (Å²) in [6.45, 7) is 6.98. The molecule has 3 rings (SSSR count). The van der Waals surface area contributed by atoms with Gasteiger partial charge in [-0.3, -0.25) is 9.69 Å². The second kappa shape index (κ2) is 5.37. The van der Waals surface area contributed by atoms with Gasteiger partial charge in [0.25, 0.3) is 5.56 Å². The fourth-order valence-corrected chi connectivity index (χ4v) is 3.23. The second-order valence-electron chi connectivity index (χ2n) is 5.53. The Morgan fingerprint density at radius 3 is 2.95 bits per heavy atom. The Hall–Kier alpha value is -1.68. The van der Waals surface area contributed by atoms with Crippen LogP contribution in [-0.4, -0.2) is 33.6 Å². The summed E-state index contributed by atoms with van der Waals surface area (Å²) in [6.07, 6.45) is 2.41. The number of benzene rings is 1. The highest BCUT2D eigenvalue weighted by Gasteiger charge is 2.24. The normalized spacial score (nSPS) is 19.8. The Labute approximate surface area is 119 Å². The summed E-state index contributed by atoms with van der Waals surface area (Å²) in [7, 11) is 0. The molecule has 0 unspecified atom stereocenters. The van der Waals surface area contributed by atoms with Crippen LogP contribution in [0.1, 0.15) is 25.5 Å². The van der Waals surface area contributed by atoms with Gasteiger partial charge in [-0.15, -0.1) is 0 Å². The van der Waals surface area contributed by atoms with E-state index in [1.807, 2.05) is 28.8 Å².